The fraction of sp³-hybridized carbons (Fsp3) is 0. The van der Waals surface area contributed by atoms with E-state index in [2.05, 4.69) is 83.4 Å². The Hall–Kier alpha value is -6.29. The van der Waals surface area contributed by atoms with E-state index in [-0.39, 0.29) is 26.8 Å². The van der Waals surface area contributed by atoms with Gasteiger partial charge in [-0.05, 0) is 82.2 Å². The minimum Gasteiger partial charge on any atom is -0.507 e. The summed E-state index contributed by atoms with van der Waals surface area (Å²) in [7, 11) is 0. The zero-order chi connectivity index (χ0) is 33.9. The average Bonchev–Trinajstić information content (AvgIpc) is 3.74. The van der Waals surface area contributed by atoms with Crippen molar-refractivity contribution in [1.29, 1.82) is 0 Å². The summed E-state index contributed by atoms with van der Waals surface area (Å²) in [6.45, 7) is 0. The van der Waals surface area contributed by atoms with Crippen molar-refractivity contribution in [3.8, 4) is 56.5 Å². The maximum absolute atomic E-state index is 11.5. The number of pyridine rings is 2. The molecule has 0 spiro atoms. The molecule has 6 heteroatoms. The Balaban J connectivity index is 0.00000360. The van der Waals surface area contributed by atoms with Crippen LogP contribution in [0.2, 0.25) is 0 Å². The predicted molar refractivity (Wildman–Crippen MR) is 206 cm³/mol. The molecule has 4 heterocycles. The van der Waals surface area contributed by atoms with Gasteiger partial charge in [-0.2, -0.15) is 24.3 Å². The molecule has 10 rings (SSSR count). The van der Waals surface area contributed by atoms with Gasteiger partial charge in [0.05, 0.1) is 22.6 Å². The number of furan rings is 1. The van der Waals surface area contributed by atoms with Gasteiger partial charge in [-0.1, -0.05) is 96.5 Å². The van der Waals surface area contributed by atoms with Gasteiger partial charge < -0.3 is 14.1 Å². The minimum atomic E-state index is 0. The molecule has 0 bridgehead atoms. The SMILES string of the molecule is Oc1ccc2c(oc3cc(-c4ccccc4)ccc32)c1-c1cc(-c2ccccc2)cc(-c2cccc(-n3c4[c-]cccc4c4ccccc43)n2)n1.[Pt]. The molecule has 4 aromatic heterocycles. The number of nitrogens with zero attached hydrogens (tertiary/aromatic N) is 3. The second-order valence-electron chi connectivity index (χ2n) is 12.7. The summed E-state index contributed by atoms with van der Waals surface area (Å²) >= 11 is 0. The van der Waals surface area contributed by atoms with E-state index in [1.807, 2.05) is 84.9 Å². The first-order chi connectivity index (χ1) is 25.2. The topological polar surface area (TPSA) is 64.1 Å². The van der Waals surface area contributed by atoms with E-state index in [4.69, 9.17) is 14.4 Å². The third-order valence-corrected chi connectivity index (χ3v) is 9.63. The Morgan fingerprint density at radius 1 is 0.519 bits per heavy atom. The number of aromatic hydroxyl groups is 1. The summed E-state index contributed by atoms with van der Waals surface area (Å²) in [5.41, 5.74) is 10.0. The number of phenols is 1. The summed E-state index contributed by atoms with van der Waals surface area (Å²) in [6.07, 6.45) is 0. The molecule has 0 unspecified atom stereocenters. The molecule has 0 aliphatic rings. The van der Waals surface area contributed by atoms with Crippen molar-refractivity contribution < 1.29 is 30.6 Å². The van der Waals surface area contributed by atoms with Crippen molar-refractivity contribution >= 4 is 43.7 Å². The van der Waals surface area contributed by atoms with E-state index < -0.39 is 0 Å². The number of hydrogen-bond acceptors (Lipinski definition) is 4. The quantitative estimate of drug-likeness (QED) is 0.175. The second-order valence-corrected chi connectivity index (χ2v) is 12.7. The Labute approximate surface area is 313 Å². The maximum Gasteiger partial charge on any atom is 0.148 e. The molecule has 0 fully saturated rings. The van der Waals surface area contributed by atoms with Crippen LogP contribution >= 0.6 is 0 Å². The van der Waals surface area contributed by atoms with Crippen molar-refractivity contribution in [3.05, 3.63) is 170 Å². The third kappa shape index (κ3) is 5.21. The second kappa shape index (κ2) is 12.8. The molecule has 250 valence electrons. The predicted octanol–water partition coefficient (Wildman–Crippen LogP) is 11.6. The number of fused-ring (bicyclic) bond motifs is 6. The summed E-state index contributed by atoms with van der Waals surface area (Å²) in [5, 5.41) is 15.6. The van der Waals surface area contributed by atoms with Gasteiger partial charge in [-0.3, -0.25) is 0 Å². The summed E-state index contributed by atoms with van der Waals surface area (Å²) < 4.78 is 8.75. The Bertz CT molecular complexity index is 2880. The van der Waals surface area contributed by atoms with Gasteiger partial charge in [-0.25, -0.2) is 9.97 Å². The molecule has 6 aromatic carbocycles. The molecular weight excluding hydrogens is 822 g/mol. The van der Waals surface area contributed by atoms with E-state index in [1.165, 1.54) is 0 Å². The van der Waals surface area contributed by atoms with Crippen LogP contribution in [-0.4, -0.2) is 19.6 Å². The Kier molecular flexibility index (Phi) is 7.79. The van der Waals surface area contributed by atoms with Gasteiger partial charge in [0.1, 0.15) is 22.7 Å². The minimum absolute atomic E-state index is 0. The van der Waals surface area contributed by atoms with E-state index >= 15 is 0 Å². The van der Waals surface area contributed by atoms with Gasteiger partial charge in [0.15, 0.2) is 0 Å². The van der Waals surface area contributed by atoms with E-state index in [0.717, 1.165) is 66.2 Å². The molecule has 1 N–H and O–H groups in total. The molecule has 0 amide bonds. The molecule has 0 radical (unpaired) electrons. The van der Waals surface area contributed by atoms with Gasteiger partial charge in [0.2, 0.25) is 0 Å². The molecule has 0 saturated carbocycles. The first-order valence-corrected chi connectivity index (χ1v) is 16.9. The fourth-order valence-electron chi connectivity index (χ4n) is 7.25. The summed E-state index contributed by atoms with van der Waals surface area (Å²) in [6, 6.07) is 58.3. The Morgan fingerprint density at radius 2 is 1.23 bits per heavy atom. The largest absolute Gasteiger partial charge is 0.507 e. The zero-order valence-electron chi connectivity index (χ0n) is 27.6. The first kappa shape index (κ1) is 31.7. The van der Waals surface area contributed by atoms with Crippen LogP contribution in [0.4, 0.5) is 0 Å². The van der Waals surface area contributed by atoms with Crippen LogP contribution in [0.5, 0.6) is 5.75 Å². The third-order valence-electron chi connectivity index (χ3n) is 9.63. The van der Waals surface area contributed by atoms with Crippen LogP contribution in [-0.2, 0) is 21.1 Å². The van der Waals surface area contributed by atoms with Crippen LogP contribution in [0, 0.1) is 6.07 Å². The van der Waals surface area contributed by atoms with E-state index in [0.29, 0.717) is 28.2 Å². The molecule has 0 aliphatic heterocycles. The van der Waals surface area contributed by atoms with Crippen molar-refractivity contribution in [1.82, 2.24) is 14.5 Å². The van der Waals surface area contributed by atoms with Crippen molar-refractivity contribution in [2.45, 2.75) is 0 Å². The monoisotopic (exact) mass is 849 g/mol. The zero-order valence-corrected chi connectivity index (χ0v) is 29.9. The summed E-state index contributed by atoms with van der Waals surface area (Å²) in [4.78, 5) is 10.4. The van der Waals surface area contributed by atoms with Crippen LogP contribution in [0.3, 0.4) is 0 Å². The number of aromatic nitrogens is 3. The van der Waals surface area contributed by atoms with Gasteiger partial charge in [-0.15, -0.1) is 5.39 Å². The summed E-state index contributed by atoms with van der Waals surface area (Å²) in [5.74, 6) is 0.863. The van der Waals surface area contributed by atoms with Gasteiger partial charge in [0, 0.05) is 37.4 Å². The normalized spacial score (nSPS) is 11.4. The number of hydrogen-bond donors (Lipinski definition) is 1. The standard InChI is InChI=1S/C46H28N3O2.Pt/c50-42-25-24-36-35-23-22-31(29-12-3-1-4-13-29)28-43(35)51-46(36)45(42)39-27-32(30-14-5-2-6-15-30)26-38(47-39)37-18-11-21-44(48-37)49-40-19-9-7-16-33(40)34-17-8-10-20-41(34)49;/h1-19,21-28,50H;/q-1;. The van der Waals surface area contributed by atoms with Gasteiger partial charge in [0.25, 0.3) is 0 Å². The molecule has 0 saturated heterocycles. The molecule has 52 heavy (non-hydrogen) atoms. The van der Waals surface area contributed by atoms with Crippen molar-refractivity contribution in [2.24, 2.45) is 0 Å². The number of rotatable bonds is 5. The molecule has 10 aromatic rings. The fourth-order valence-corrected chi connectivity index (χ4v) is 7.25. The molecular formula is C46H28N3O2Pt-. The van der Waals surface area contributed by atoms with Crippen LogP contribution in [0.1, 0.15) is 0 Å². The molecule has 5 nitrogen and oxygen atoms in total. The van der Waals surface area contributed by atoms with Gasteiger partial charge >= 0.3 is 0 Å². The number of para-hydroxylation sites is 2. The smallest absolute Gasteiger partial charge is 0.148 e. The number of benzene rings is 6. The first-order valence-electron chi connectivity index (χ1n) is 16.9. The van der Waals surface area contributed by atoms with E-state index in [1.54, 1.807) is 6.07 Å². The van der Waals surface area contributed by atoms with Crippen LogP contribution < -0.4 is 0 Å². The van der Waals surface area contributed by atoms with Crippen LogP contribution in [0.25, 0.3) is 94.5 Å². The van der Waals surface area contributed by atoms with E-state index in [9.17, 15) is 5.11 Å². The average molecular weight is 850 g/mol. The number of phenolic OH excluding ortho intramolecular Hbond substituents is 1. The van der Waals surface area contributed by atoms with Crippen molar-refractivity contribution in [3.63, 3.8) is 0 Å². The van der Waals surface area contributed by atoms with Crippen molar-refractivity contribution in [2.75, 3.05) is 0 Å². The Morgan fingerprint density at radius 3 is 2.06 bits per heavy atom. The maximum atomic E-state index is 11.5. The van der Waals surface area contributed by atoms with Crippen LogP contribution in [0.15, 0.2) is 168 Å². The molecule has 0 atom stereocenters. The molecule has 0 aliphatic carbocycles.